The lowest BCUT2D eigenvalue weighted by molar-refractivity contribution is -0.124. The first-order chi connectivity index (χ1) is 17.1. The highest BCUT2D eigenvalue weighted by molar-refractivity contribution is 7.88. The van der Waals surface area contributed by atoms with Crippen molar-refractivity contribution in [2.24, 2.45) is 0 Å². The molecule has 192 valence electrons. The number of nitrogens with one attached hydrogen (secondary N) is 2. The highest BCUT2D eigenvalue weighted by atomic mass is 32.2. The van der Waals surface area contributed by atoms with Gasteiger partial charge in [0.15, 0.2) is 0 Å². The fourth-order valence-electron chi connectivity index (χ4n) is 4.44. The van der Waals surface area contributed by atoms with E-state index in [1.807, 2.05) is 0 Å². The number of hydrogen-bond acceptors (Lipinski definition) is 5. The number of carbonyl (C=O) groups excluding carboxylic acids is 1. The molecule has 0 bridgehead atoms. The van der Waals surface area contributed by atoms with Crippen molar-refractivity contribution in [2.45, 2.75) is 50.2 Å². The van der Waals surface area contributed by atoms with E-state index in [0.717, 1.165) is 16.4 Å². The average Bonchev–Trinajstić information content (AvgIpc) is 3.46. The van der Waals surface area contributed by atoms with Crippen LogP contribution in [0, 0.1) is 11.6 Å². The molecular weight excluding hydrogens is 495 g/mol. The molecule has 0 spiro atoms. The lowest BCUT2D eigenvalue weighted by atomic mass is 9.94. The van der Waals surface area contributed by atoms with Crippen LogP contribution in [-0.2, 0) is 20.6 Å². The Morgan fingerprint density at radius 2 is 1.83 bits per heavy atom. The predicted octanol–water partition coefficient (Wildman–Crippen LogP) is 3.35. The smallest absolute Gasteiger partial charge is 0.239 e. The number of amides is 1. The molecule has 1 aliphatic rings. The van der Waals surface area contributed by atoms with Crippen molar-refractivity contribution in [3.8, 4) is 0 Å². The van der Waals surface area contributed by atoms with Crippen LogP contribution in [0.5, 0.6) is 0 Å². The third kappa shape index (κ3) is 5.44. The van der Waals surface area contributed by atoms with Crippen LogP contribution in [0.15, 0.2) is 48.7 Å². The van der Waals surface area contributed by atoms with Gasteiger partial charge in [-0.3, -0.25) is 9.89 Å². The van der Waals surface area contributed by atoms with Gasteiger partial charge < -0.3 is 5.32 Å². The first kappa shape index (κ1) is 25.8. The monoisotopic (exact) mass is 521 g/mol. The molecule has 2 heterocycles. The highest BCUT2D eigenvalue weighted by Crippen LogP contribution is 2.31. The van der Waals surface area contributed by atoms with E-state index < -0.39 is 64.0 Å². The van der Waals surface area contributed by atoms with Gasteiger partial charge in [-0.1, -0.05) is 49.4 Å². The van der Waals surface area contributed by atoms with Crippen molar-refractivity contribution in [2.75, 3.05) is 6.54 Å². The number of rotatable bonds is 8. The number of carbonyl (C=O) groups is 1. The minimum absolute atomic E-state index is 0.0708. The zero-order valence-electron chi connectivity index (χ0n) is 19.7. The third-order valence-corrected chi connectivity index (χ3v) is 7.89. The Balaban J connectivity index is 1.65. The normalized spacial score (nSPS) is 19.5. The van der Waals surface area contributed by atoms with Crippen LogP contribution in [0.25, 0.3) is 0 Å². The van der Waals surface area contributed by atoms with Gasteiger partial charge >= 0.3 is 0 Å². The van der Waals surface area contributed by atoms with Crippen molar-refractivity contribution in [1.29, 1.82) is 0 Å². The van der Waals surface area contributed by atoms with Gasteiger partial charge in [0.05, 0.1) is 17.9 Å². The van der Waals surface area contributed by atoms with Crippen LogP contribution >= 0.6 is 0 Å². The standard InChI is InChI=1S/C24H26F3N5O3S/c1-14(2)22-19(26)8-16(9-20(22)27)23(15-6-4-3-5-7-15)29-24(33)21-10-17(25)12-32(21)36(34,35)13-18-11-28-31-30-18/h3-9,11,14,17,21,23H,10,12-13H2,1-2H3,(H,29,33)(H,28,30,31)/t17-,21+,23+/m1/s1. The molecule has 4 rings (SSSR count). The van der Waals surface area contributed by atoms with E-state index in [1.54, 1.807) is 44.2 Å². The number of aromatic nitrogens is 3. The number of nitrogens with zero attached hydrogens (tertiary/aromatic N) is 3. The highest BCUT2D eigenvalue weighted by Gasteiger charge is 2.44. The van der Waals surface area contributed by atoms with Gasteiger partial charge in [0, 0.05) is 18.5 Å². The molecule has 0 radical (unpaired) electrons. The molecule has 0 unspecified atom stereocenters. The topological polar surface area (TPSA) is 108 Å². The maximum atomic E-state index is 14.8. The van der Waals surface area contributed by atoms with Gasteiger partial charge in [-0.05, 0) is 29.2 Å². The lowest BCUT2D eigenvalue weighted by Gasteiger charge is -2.26. The number of sulfonamides is 1. The van der Waals surface area contributed by atoms with Gasteiger partial charge in [0.2, 0.25) is 15.9 Å². The van der Waals surface area contributed by atoms with E-state index in [2.05, 4.69) is 20.7 Å². The van der Waals surface area contributed by atoms with Crippen LogP contribution in [0.1, 0.15) is 54.6 Å². The average molecular weight is 522 g/mol. The van der Waals surface area contributed by atoms with Crippen LogP contribution < -0.4 is 5.32 Å². The molecule has 2 aromatic carbocycles. The Morgan fingerprint density at radius 3 is 2.42 bits per heavy atom. The molecule has 1 saturated heterocycles. The molecule has 0 saturated carbocycles. The summed E-state index contributed by atoms with van der Waals surface area (Å²) >= 11 is 0. The fraction of sp³-hybridized carbons (Fsp3) is 0.375. The maximum absolute atomic E-state index is 14.8. The Kier molecular flexibility index (Phi) is 7.46. The minimum Gasteiger partial charge on any atom is -0.344 e. The third-order valence-electron chi connectivity index (χ3n) is 6.10. The second-order valence-corrected chi connectivity index (χ2v) is 11.0. The number of benzene rings is 2. The van der Waals surface area contributed by atoms with Crippen molar-refractivity contribution < 1.29 is 26.4 Å². The molecule has 3 atom stereocenters. The van der Waals surface area contributed by atoms with Crippen LogP contribution in [0.4, 0.5) is 13.2 Å². The van der Waals surface area contributed by atoms with Crippen LogP contribution in [-0.4, -0.2) is 52.8 Å². The van der Waals surface area contributed by atoms with E-state index >= 15 is 0 Å². The zero-order chi connectivity index (χ0) is 26.0. The van der Waals surface area contributed by atoms with Crippen molar-refractivity contribution in [3.05, 3.63) is 82.7 Å². The second kappa shape index (κ2) is 10.4. The van der Waals surface area contributed by atoms with Crippen molar-refractivity contribution >= 4 is 15.9 Å². The summed E-state index contributed by atoms with van der Waals surface area (Å²) in [6.07, 6.45) is -0.667. The zero-order valence-corrected chi connectivity index (χ0v) is 20.5. The van der Waals surface area contributed by atoms with E-state index in [0.29, 0.717) is 5.56 Å². The SMILES string of the molecule is CC(C)c1c(F)cc([C@@H](NC(=O)[C@@H]2C[C@@H](F)CN2S(=O)(=O)Cc2cnn[nH]2)c2ccccc2)cc1F. The molecule has 1 amide bonds. The molecule has 0 aliphatic carbocycles. The van der Waals surface area contributed by atoms with E-state index in [9.17, 15) is 26.4 Å². The number of halogens is 3. The summed E-state index contributed by atoms with van der Waals surface area (Å²) in [6, 6.07) is 8.46. The molecule has 1 fully saturated rings. The summed E-state index contributed by atoms with van der Waals surface area (Å²) in [6.45, 7) is 2.85. The van der Waals surface area contributed by atoms with Crippen molar-refractivity contribution in [1.82, 2.24) is 25.0 Å². The van der Waals surface area contributed by atoms with E-state index in [4.69, 9.17) is 0 Å². The predicted molar refractivity (Wildman–Crippen MR) is 126 cm³/mol. The van der Waals surface area contributed by atoms with Gasteiger partial charge in [-0.2, -0.15) is 4.31 Å². The maximum Gasteiger partial charge on any atom is 0.239 e. The molecule has 2 N–H and O–H groups in total. The van der Waals surface area contributed by atoms with Gasteiger partial charge in [0.1, 0.15) is 29.6 Å². The molecular formula is C24H26F3N5O3S. The van der Waals surface area contributed by atoms with Crippen molar-refractivity contribution in [3.63, 3.8) is 0 Å². The number of hydrogen-bond donors (Lipinski definition) is 2. The fourth-order valence-corrected chi connectivity index (χ4v) is 6.09. The Hall–Kier alpha value is -3.25. The quantitative estimate of drug-likeness (QED) is 0.473. The lowest BCUT2D eigenvalue weighted by Crippen LogP contribution is -2.47. The first-order valence-electron chi connectivity index (χ1n) is 11.4. The summed E-state index contributed by atoms with van der Waals surface area (Å²) in [5.74, 6) is -3.21. The number of alkyl halides is 1. The van der Waals surface area contributed by atoms with Crippen LogP contribution in [0.2, 0.25) is 0 Å². The number of H-pyrrole nitrogens is 1. The Labute approximate surface area is 207 Å². The molecule has 3 aromatic rings. The first-order valence-corrected chi connectivity index (χ1v) is 13.0. The molecule has 1 aliphatic heterocycles. The molecule has 1 aromatic heterocycles. The van der Waals surface area contributed by atoms with Gasteiger partial charge in [0.25, 0.3) is 0 Å². The minimum atomic E-state index is -4.10. The van der Waals surface area contributed by atoms with Gasteiger partial charge in [-0.15, -0.1) is 5.10 Å². The Morgan fingerprint density at radius 1 is 1.17 bits per heavy atom. The van der Waals surface area contributed by atoms with E-state index in [1.165, 1.54) is 6.20 Å². The second-order valence-electron chi connectivity index (χ2n) is 9.06. The van der Waals surface area contributed by atoms with Crippen LogP contribution in [0.3, 0.4) is 0 Å². The molecule has 8 nitrogen and oxygen atoms in total. The summed E-state index contributed by atoms with van der Waals surface area (Å²) in [7, 11) is -4.10. The molecule has 36 heavy (non-hydrogen) atoms. The largest absolute Gasteiger partial charge is 0.344 e. The summed E-state index contributed by atoms with van der Waals surface area (Å²) < 4.78 is 70.8. The summed E-state index contributed by atoms with van der Waals surface area (Å²) in [5.41, 5.74) is 0.782. The summed E-state index contributed by atoms with van der Waals surface area (Å²) in [5, 5.41) is 12.1. The summed E-state index contributed by atoms with van der Waals surface area (Å²) in [4.78, 5) is 13.3. The molecule has 12 heteroatoms. The Bertz CT molecular complexity index is 1300. The van der Waals surface area contributed by atoms with Gasteiger partial charge in [-0.25, -0.2) is 21.6 Å². The van der Waals surface area contributed by atoms with E-state index in [-0.39, 0.29) is 23.2 Å². The number of aromatic amines is 1.